The number of amides is 1. The number of hydrogen-bond donors (Lipinski definition) is 1. The predicted molar refractivity (Wildman–Crippen MR) is 89.9 cm³/mol. The number of anilines is 1. The zero-order valence-electron chi connectivity index (χ0n) is 13.2. The van der Waals surface area contributed by atoms with Crippen molar-refractivity contribution in [3.63, 3.8) is 0 Å². The van der Waals surface area contributed by atoms with E-state index in [4.69, 9.17) is 0 Å². The van der Waals surface area contributed by atoms with Gasteiger partial charge in [-0.05, 0) is 24.3 Å². The second-order valence-corrected chi connectivity index (χ2v) is 8.00. The first-order chi connectivity index (χ1) is 10.8. The quantitative estimate of drug-likeness (QED) is 0.553. The maximum Gasteiger partial charge on any atom is 0.306 e. The summed E-state index contributed by atoms with van der Waals surface area (Å²) < 4.78 is 29.5. The van der Waals surface area contributed by atoms with Crippen LogP contribution in [0.3, 0.4) is 0 Å². The minimum Gasteiger partial charge on any atom is -0.469 e. The van der Waals surface area contributed by atoms with Crippen LogP contribution in [0.5, 0.6) is 0 Å². The summed E-state index contributed by atoms with van der Waals surface area (Å²) in [6.45, 7) is 0. The number of methoxy groups -OCH3 is 1. The molecule has 1 aromatic rings. The molecular formula is C14H20N2O5S2. The van der Waals surface area contributed by atoms with E-state index in [-0.39, 0.29) is 28.9 Å². The van der Waals surface area contributed by atoms with E-state index in [1.165, 1.54) is 57.2 Å². The molecule has 23 heavy (non-hydrogen) atoms. The number of nitrogens with zero attached hydrogens (tertiary/aromatic N) is 1. The lowest BCUT2D eigenvalue weighted by Crippen LogP contribution is -2.22. The van der Waals surface area contributed by atoms with Crippen molar-refractivity contribution in [2.24, 2.45) is 0 Å². The summed E-state index contributed by atoms with van der Waals surface area (Å²) in [5, 5.41) is 2.67. The van der Waals surface area contributed by atoms with E-state index >= 15 is 0 Å². The van der Waals surface area contributed by atoms with Crippen molar-refractivity contribution in [1.82, 2.24) is 4.31 Å². The number of hydrogen-bond acceptors (Lipinski definition) is 6. The van der Waals surface area contributed by atoms with E-state index in [2.05, 4.69) is 10.1 Å². The molecule has 0 atom stereocenters. The van der Waals surface area contributed by atoms with Gasteiger partial charge in [0, 0.05) is 25.5 Å². The van der Waals surface area contributed by atoms with E-state index in [9.17, 15) is 18.0 Å². The molecule has 128 valence electrons. The Morgan fingerprint density at radius 1 is 1.22 bits per heavy atom. The predicted octanol–water partition coefficient (Wildman–Crippen LogP) is 1.17. The Labute approximate surface area is 140 Å². The van der Waals surface area contributed by atoms with Gasteiger partial charge in [0.25, 0.3) is 0 Å². The molecule has 0 heterocycles. The highest BCUT2D eigenvalue weighted by Gasteiger charge is 2.16. The molecule has 1 amide bonds. The zero-order valence-corrected chi connectivity index (χ0v) is 14.9. The third-order valence-electron chi connectivity index (χ3n) is 2.83. The van der Waals surface area contributed by atoms with Gasteiger partial charge in [0.2, 0.25) is 15.9 Å². The summed E-state index contributed by atoms with van der Waals surface area (Å²) in [4.78, 5) is 22.8. The van der Waals surface area contributed by atoms with Crippen molar-refractivity contribution in [3.05, 3.63) is 24.3 Å². The normalized spacial score (nSPS) is 11.3. The molecule has 0 aliphatic carbocycles. The summed E-state index contributed by atoms with van der Waals surface area (Å²) in [6, 6.07) is 5.95. The van der Waals surface area contributed by atoms with Crippen molar-refractivity contribution in [2.75, 3.05) is 38.0 Å². The monoisotopic (exact) mass is 360 g/mol. The Morgan fingerprint density at radius 3 is 2.35 bits per heavy atom. The lowest BCUT2D eigenvalue weighted by molar-refractivity contribution is -0.140. The second kappa shape index (κ2) is 8.90. The van der Waals surface area contributed by atoms with Crippen molar-refractivity contribution in [2.45, 2.75) is 11.3 Å². The number of esters is 1. The Balaban J connectivity index is 2.49. The third kappa shape index (κ3) is 6.20. The maximum absolute atomic E-state index is 11.9. The fraction of sp³-hybridized carbons (Fsp3) is 0.429. The molecule has 0 radical (unpaired) electrons. The molecule has 1 N–H and O–H groups in total. The van der Waals surface area contributed by atoms with Crippen LogP contribution in [0.4, 0.5) is 5.69 Å². The number of ether oxygens (including phenoxy) is 1. The van der Waals surface area contributed by atoms with E-state index in [0.29, 0.717) is 11.4 Å². The van der Waals surface area contributed by atoms with Crippen LogP contribution in [0.2, 0.25) is 0 Å². The first-order valence-corrected chi connectivity index (χ1v) is 9.34. The minimum absolute atomic E-state index is 0.160. The number of sulfonamides is 1. The van der Waals surface area contributed by atoms with E-state index in [1.807, 2.05) is 0 Å². The number of rotatable bonds is 8. The van der Waals surface area contributed by atoms with Crippen LogP contribution in [0.25, 0.3) is 0 Å². The summed E-state index contributed by atoms with van der Waals surface area (Å²) in [6.07, 6.45) is 0.255. The molecular weight excluding hydrogens is 340 g/mol. The summed E-state index contributed by atoms with van der Waals surface area (Å²) in [5.41, 5.74) is 0.515. The zero-order chi connectivity index (χ0) is 17.5. The second-order valence-electron chi connectivity index (χ2n) is 4.74. The fourth-order valence-electron chi connectivity index (χ4n) is 1.54. The molecule has 9 heteroatoms. The van der Waals surface area contributed by atoms with Gasteiger partial charge in [-0.25, -0.2) is 12.7 Å². The number of carbonyl (C=O) groups excluding carboxylic acids is 2. The van der Waals surface area contributed by atoms with Crippen LogP contribution < -0.4 is 5.32 Å². The molecule has 7 nitrogen and oxygen atoms in total. The van der Waals surface area contributed by atoms with E-state index in [1.54, 1.807) is 0 Å². The lowest BCUT2D eigenvalue weighted by atomic mass is 10.3. The number of carbonyl (C=O) groups is 2. The summed E-state index contributed by atoms with van der Waals surface area (Å²) in [7, 11) is 0.752. The summed E-state index contributed by atoms with van der Waals surface area (Å²) >= 11 is 1.32. The molecule has 0 unspecified atom stereocenters. The van der Waals surface area contributed by atoms with Crippen molar-refractivity contribution < 1.29 is 22.7 Å². The van der Waals surface area contributed by atoms with E-state index in [0.717, 1.165) is 4.31 Å². The molecule has 0 aliphatic rings. The fourth-order valence-corrected chi connectivity index (χ4v) is 3.16. The molecule has 1 aromatic carbocycles. The van der Waals surface area contributed by atoms with Gasteiger partial charge in [-0.2, -0.15) is 11.8 Å². The largest absolute Gasteiger partial charge is 0.469 e. The summed E-state index contributed by atoms with van der Waals surface area (Å²) in [5.74, 6) is 0.174. The molecule has 0 aromatic heterocycles. The van der Waals surface area contributed by atoms with Gasteiger partial charge < -0.3 is 10.1 Å². The highest BCUT2D eigenvalue weighted by atomic mass is 32.2. The van der Waals surface area contributed by atoms with E-state index < -0.39 is 10.0 Å². The molecule has 0 spiro atoms. The standard InChI is InChI=1S/C14H20N2O5S2/c1-16(2)23(19,20)12-6-4-11(5-7-12)15-13(17)10-22-9-8-14(18)21-3/h4-7H,8-10H2,1-3H3,(H,15,17). The van der Waals surface area contributed by atoms with Crippen LogP contribution in [0, 0.1) is 0 Å². The van der Waals surface area contributed by atoms with Gasteiger partial charge in [0.1, 0.15) is 0 Å². The lowest BCUT2D eigenvalue weighted by Gasteiger charge is -2.12. The van der Waals surface area contributed by atoms with Crippen molar-refractivity contribution in [3.8, 4) is 0 Å². The number of nitrogens with one attached hydrogen (secondary N) is 1. The SMILES string of the molecule is COC(=O)CCSCC(=O)Nc1ccc(S(=O)(=O)N(C)C)cc1. The van der Waals surface area contributed by atoms with Crippen LogP contribution in [0.1, 0.15) is 6.42 Å². The first kappa shape index (κ1) is 19.5. The topological polar surface area (TPSA) is 92.8 Å². The van der Waals surface area contributed by atoms with Gasteiger partial charge >= 0.3 is 5.97 Å². The van der Waals surface area contributed by atoms with Crippen molar-refractivity contribution >= 4 is 39.3 Å². The Morgan fingerprint density at radius 2 is 1.83 bits per heavy atom. The first-order valence-electron chi connectivity index (χ1n) is 6.74. The Kier molecular flexibility index (Phi) is 7.53. The molecule has 0 aliphatic heterocycles. The van der Waals surface area contributed by atoms with Gasteiger partial charge in [-0.15, -0.1) is 0 Å². The Hall–Kier alpha value is -1.58. The average Bonchev–Trinajstić information content (AvgIpc) is 2.51. The van der Waals surface area contributed by atoms with Crippen LogP contribution in [0.15, 0.2) is 29.2 Å². The molecule has 0 bridgehead atoms. The molecule has 0 saturated heterocycles. The minimum atomic E-state index is -3.48. The van der Waals surface area contributed by atoms with Crippen LogP contribution in [-0.2, 0) is 24.3 Å². The molecule has 0 saturated carbocycles. The molecule has 0 fully saturated rings. The highest BCUT2D eigenvalue weighted by molar-refractivity contribution is 7.99. The maximum atomic E-state index is 11.9. The number of benzene rings is 1. The Bertz CT molecular complexity index is 642. The number of thioether (sulfide) groups is 1. The smallest absolute Gasteiger partial charge is 0.306 e. The van der Waals surface area contributed by atoms with Gasteiger partial charge in [0.05, 0.1) is 24.2 Å². The van der Waals surface area contributed by atoms with Gasteiger partial charge in [-0.3, -0.25) is 9.59 Å². The average molecular weight is 360 g/mol. The van der Waals surface area contributed by atoms with Crippen LogP contribution in [-0.4, -0.2) is 57.3 Å². The van der Waals surface area contributed by atoms with Crippen molar-refractivity contribution in [1.29, 1.82) is 0 Å². The molecule has 1 rings (SSSR count). The van der Waals surface area contributed by atoms with Gasteiger partial charge in [-0.1, -0.05) is 0 Å². The third-order valence-corrected chi connectivity index (χ3v) is 5.62. The van der Waals surface area contributed by atoms with Gasteiger partial charge in [0.15, 0.2) is 0 Å². The highest BCUT2D eigenvalue weighted by Crippen LogP contribution is 2.17. The van der Waals surface area contributed by atoms with Crippen LogP contribution >= 0.6 is 11.8 Å².